The molecule has 1 aromatic heterocycles. The van der Waals surface area contributed by atoms with Crippen LogP contribution in [0.4, 0.5) is 11.5 Å². The molecule has 3 aromatic carbocycles. The van der Waals surface area contributed by atoms with Crippen LogP contribution in [0.2, 0.25) is 0 Å². The van der Waals surface area contributed by atoms with Gasteiger partial charge in [0.1, 0.15) is 5.82 Å². The highest BCUT2D eigenvalue weighted by atomic mass is 15.2. The van der Waals surface area contributed by atoms with E-state index in [1.807, 2.05) is 12.1 Å². The van der Waals surface area contributed by atoms with Gasteiger partial charge in [0.2, 0.25) is 0 Å². The topological polar surface area (TPSA) is 16.1 Å². The van der Waals surface area contributed by atoms with E-state index in [0.717, 1.165) is 11.3 Å². The van der Waals surface area contributed by atoms with Crippen molar-refractivity contribution in [1.82, 2.24) is 4.98 Å². The van der Waals surface area contributed by atoms with Gasteiger partial charge in [-0.05, 0) is 41.8 Å². The predicted molar refractivity (Wildman–Crippen MR) is 106 cm³/mol. The van der Waals surface area contributed by atoms with Crippen LogP contribution in [0.3, 0.4) is 0 Å². The average molecular weight is 324 g/mol. The van der Waals surface area contributed by atoms with Crippen molar-refractivity contribution in [2.45, 2.75) is 6.92 Å². The number of benzene rings is 3. The van der Waals surface area contributed by atoms with Crippen LogP contribution in [0.1, 0.15) is 5.56 Å². The lowest BCUT2D eigenvalue weighted by Crippen LogP contribution is -2.12. The Morgan fingerprint density at radius 3 is 2.24 bits per heavy atom. The summed E-state index contributed by atoms with van der Waals surface area (Å²) in [5, 5.41) is 1.18. The molecule has 2 nitrogen and oxygen atoms in total. The first-order chi connectivity index (χ1) is 12.2. The van der Waals surface area contributed by atoms with Crippen LogP contribution >= 0.6 is 0 Å². The van der Waals surface area contributed by atoms with Crippen LogP contribution in [-0.2, 0) is 0 Å². The monoisotopic (exact) mass is 324 g/mol. The number of hydrogen-bond acceptors (Lipinski definition) is 2. The maximum absolute atomic E-state index is 4.90. The first-order valence-corrected chi connectivity index (χ1v) is 8.48. The summed E-state index contributed by atoms with van der Waals surface area (Å²) < 4.78 is 0. The zero-order chi connectivity index (χ0) is 17.2. The van der Waals surface area contributed by atoms with E-state index >= 15 is 0 Å². The summed E-state index contributed by atoms with van der Waals surface area (Å²) >= 11 is 0. The number of pyridine rings is 1. The predicted octanol–water partition coefficient (Wildman–Crippen LogP) is 5.98. The number of aromatic nitrogens is 1. The summed E-state index contributed by atoms with van der Waals surface area (Å²) in [6.45, 7) is 2.13. The summed E-state index contributed by atoms with van der Waals surface area (Å²) in [6.07, 6.45) is 0. The summed E-state index contributed by atoms with van der Waals surface area (Å²) in [7, 11) is 2.08. The van der Waals surface area contributed by atoms with Crippen LogP contribution in [0.15, 0.2) is 84.9 Å². The van der Waals surface area contributed by atoms with Crippen molar-refractivity contribution in [3.63, 3.8) is 0 Å². The highest BCUT2D eigenvalue weighted by Crippen LogP contribution is 2.33. The summed E-state index contributed by atoms with van der Waals surface area (Å²) in [5.41, 5.74) is 5.84. The van der Waals surface area contributed by atoms with Crippen molar-refractivity contribution in [1.29, 1.82) is 0 Å². The number of hydrogen-bond donors (Lipinski definition) is 0. The van der Waals surface area contributed by atoms with Gasteiger partial charge in [0.25, 0.3) is 0 Å². The van der Waals surface area contributed by atoms with Crippen LogP contribution in [0.5, 0.6) is 0 Å². The molecule has 0 N–H and O–H groups in total. The van der Waals surface area contributed by atoms with E-state index in [0.29, 0.717) is 0 Å². The number of rotatable bonds is 3. The SMILES string of the molecule is Cc1ccccc1N(C)c1cc(-c2ccccc2)c2ccccc2n1. The minimum atomic E-state index is 0.951. The molecule has 4 aromatic rings. The maximum Gasteiger partial charge on any atom is 0.134 e. The lowest BCUT2D eigenvalue weighted by molar-refractivity contribution is 1.13. The molecule has 0 amide bonds. The van der Waals surface area contributed by atoms with Gasteiger partial charge in [-0.2, -0.15) is 0 Å². The molecule has 0 aliphatic heterocycles. The van der Waals surface area contributed by atoms with Crippen LogP contribution in [0.25, 0.3) is 22.0 Å². The lowest BCUT2D eigenvalue weighted by atomic mass is 10.0. The highest BCUT2D eigenvalue weighted by Gasteiger charge is 2.12. The number of fused-ring (bicyclic) bond motifs is 1. The molecular formula is C23H20N2. The Morgan fingerprint density at radius 2 is 1.44 bits per heavy atom. The first kappa shape index (κ1) is 15.4. The van der Waals surface area contributed by atoms with E-state index in [2.05, 4.69) is 91.7 Å². The van der Waals surface area contributed by atoms with Crippen LogP contribution in [0, 0.1) is 6.92 Å². The van der Waals surface area contributed by atoms with Gasteiger partial charge in [-0.1, -0.05) is 66.7 Å². The molecule has 0 fully saturated rings. The number of nitrogens with zero attached hydrogens (tertiary/aromatic N) is 2. The second-order valence-corrected chi connectivity index (χ2v) is 6.26. The third-order valence-electron chi connectivity index (χ3n) is 4.61. The second kappa shape index (κ2) is 6.40. The van der Waals surface area contributed by atoms with Crippen LogP contribution in [-0.4, -0.2) is 12.0 Å². The summed E-state index contributed by atoms with van der Waals surface area (Å²) in [5.74, 6) is 0.951. The largest absolute Gasteiger partial charge is 0.329 e. The van der Waals surface area contributed by atoms with Gasteiger partial charge in [0, 0.05) is 18.1 Å². The smallest absolute Gasteiger partial charge is 0.134 e. The molecule has 0 aliphatic rings. The molecule has 4 rings (SSSR count). The van der Waals surface area contributed by atoms with Gasteiger partial charge in [0.05, 0.1) is 5.52 Å². The van der Waals surface area contributed by atoms with Gasteiger partial charge >= 0.3 is 0 Å². The fourth-order valence-corrected chi connectivity index (χ4v) is 3.25. The molecule has 0 saturated carbocycles. The van der Waals surface area contributed by atoms with Gasteiger partial charge in [-0.3, -0.25) is 0 Å². The fourth-order valence-electron chi connectivity index (χ4n) is 3.25. The molecule has 0 radical (unpaired) electrons. The molecule has 0 bridgehead atoms. The van der Waals surface area contributed by atoms with Crippen molar-refractivity contribution < 1.29 is 0 Å². The highest BCUT2D eigenvalue weighted by molar-refractivity contribution is 5.96. The number of para-hydroxylation sites is 2. The van der Waals surface area contributed by atoms with E-state index < -0.39 is 0 Å². The Hall–Kier alpha value is -3.13. The zero-order valence-electron chi connectivity index (χ0n) is 14.5. The van der Waals surface area contributed by atoms with E-state index in [4.69, 9.17) is 4.98 Å². The van der Waals surface area contributed by atoms with Crippen molar-refractivity contribution >= 4 is 22.4 Å². The van der Waals surface area contributed by atoms with E-state index in [1.54, 1.807) is 0 Å². The fraction of sp³-hybridized carbons (Fsp3) is 0.0870. The zero-order valence-corrected chi connectivity index (χ0v) is 14.5. The standard InChI is InChI=1S/C23H20N2/c1-17-10-6-9-15-22(17)25(2)23-16-20(18-11-4-3-5-12-18)19-13-7-8-14-21(19)24-23/h3-16H,1-2H3. The summed E-state index contributed by atoms with van der Waals surface area (Å²) in [4.78, 5) is 7.07. The summed E-state index contributed by atoms with van der Waals surface area (Å²) in [6, 6.07) is 29.4. The Balaban J connectivity index is 1.93. The Bertz CT molecular complexity index is 1020. The number of anilines is 2. The van der Waals surface area contributed by atoms with E-state index in [9.17, 15) is 0 Å². The Labute approximate surface area is 148 Å². The second-order valence-electron chi connectivity index (χ2n) is 6.26. The quantitative estimate of drug-likeness (QED) is 0.461. The molecule has 0 aliphatic carbocycles. The van der Waals surface area contributed by atoms with Gasteiger partial charge in [-0.25, -0.2) is 4.98 Å². The third-order valence-corrected chi connectivity index (χ3v) is 4.61. The molecular weight excluding hydrogens is 304 g/mol. The van der Waals surface area contributed by atoms with Crippen molar-refractivity contribution in [3.05, 3.63) is 90.5 Å². The van der Waals surface area contributed by atoms with Gasteiger partial charge in [0.15, 0.2) is 0 Å². The van der Waals surface area contributed by atoms with Crippen molar-refractivity contribution in [2.75, 3.05) is 11.9 Å². The third kappa shape index (κ3) is 2.87. The maximum atomic E-state index is 4.90. The minimum absolute atomic E-state index is 0.951. The minimum Gasteiger partial charge on any atom is -0.329 e. The molecule has 0 spiro atoms. The normalized spacial score (nSPS) is 10.8. The molecule has 0 unspecified atom stereocenters. The van der Waals surface area contributed by atoms with Crippen LogP contribution < -0.4 is 4.90 Å². The Morgan fingerprint density at radius 1 is 0.760 bits per heavy atom. The molecule has 0 saturated heterocycles. The van der Waals surface area contributed by atoms with Crippen molar-refractivity contribution in [3.8, 4) is 11.1 Å². The lowest BCUT2D eigenvalue weighted by Gasteiger charge is -2.22. The molecule has 122 valence electrons. The number of aryl methyl sites for hydroxylation is 1. The van der Waals surface area contributed by atoms with E-state index in [1.165, 1.54) is 27.8 Å². The van der Waals surface area contributed by atoms with E-state index in [-0.39, 0.29) is 0 Å². The molecule has 1 heterocycles. The molecule has 0 atom stereocenters. The van der Waals surface area contributed by atoms with Gasteiger partial charge in [-0.15, -0.1) is 0 Å². The molecule has 2 heteroatoms. The Kier molecular flexibility index (Phi) is 3.95. The average Bonchev–Trinajstić information content (AvgIpc) is 2.67. The first-order valence-electron chi connectivity index (χ1n) is 8.48. The van der Waals surface area contributed by atoms with Gasteiger partial charge < -0.3 is 4.90 Å². The molecule has 25 heavy (non-hydrogen) atoms. The van der Waals surface area contributed by atoms with Crippen molar-refractivity contribution in [2.24, 2.45) is 0 Å².